The first-order valence-electron chi connectivity index (χ1n) is 9.88. The lowest BCUT2D eigenvalue weighted by molar-refractivity contribution is 0.0778. The minimum atomic E-state index is -0.501. The predicted octanol–water partition coefficient (Wildman–Crippen LogP) is 3.66. The Morgan fingerprint density at radius 2 is 2.14 bits per heavy atom. The monoisotopic (exact) mass is 395 g/mol. The summed E-state index contributed by atoms with van der Waals surface area (Å²) in [7, 11) is 0. The Labute approximate surface area is 167 Å². The second kappa shape index (κ2) is 6.50. The number of rotatable bonds is 4. The van der Waals surface area contributed by atoms with E-state index < -0.39 is 5.95 Å². The summed E-state index contributed by atoms with van der Waals surface area (Å²) in [4.78, 5) is 27.7. The van der Waals surface area contributed by atoms with E-state index in [2.05, 4.69) is 27.2 Å². The van der Waals surface area contributed by atoms with Gasteiger partial charge in [-0.1, -0.05) is 6.07 Å². The van der Waals surface area contributed by atoms with Crippen LogP contribution in [0.1, 0.15) is 54.2 Å². The van der Waals surface area contributed by atoms with Crippen LogP contribution in [0.15, 0.2) is 28.7 Å². The summed E-state index contributed by atoms with van der Waals surface area (Å²) in [5.41, 5.74) is 1.09. The number of aromatic nitrogens is 3. The van der Waals surface area contributed by atoms with E-state index in [0.717, 1.165) is 30.4 Å². The fourth-order valence-electron chi connectivity index (χ4n) is 3.81. The summed E-state index contributed by atoms with van der Waals surface area (Å²) in [5.74, 6) is 0.736. The first-order chi connectivity index (χ1) is 13.9. The first kappa shape index (κ1) is 18.0. The molecule has 2 aliphatic rings. The van der Waals surface area contributed by atoms with E-state index in [-0.39, 0.29) is 23.2 Å². The molecule has 1 aliphatic carbocycles. The van der Waals surface area contributed by atoms with Crippen LogP contribution in [0.5, 0.6) is 0 Å². The maximum atomic E-state index is 13.4. The molecular weight excluding hydrogens is 373 g/mol. The van der Waals surface area contributed by atoms with Crippen LogP contribution in [0.4, 0.5) is 10.2 Å². The predicted molar refractivity (Wildman–Crippen MR) is 105 cm³/mol. The van der Waals surface area contributed by atoms with Gasteiger partial charge in [0.1, 0.15) is 11.6 Å². The van der Waals surface area contributed by atoms with Crippen molar-refractivity contribution in [3.05, 3.63) is 47.5 Å². The highest BCUT2D eigenvalue weighted by Gasteiger charge is 2.38. The van der Waals surface area contributed by atoms with E-state index in [1.807, 2.05) is 13.0 Å². The topological polar surface area (TPSA) is 84.2 Å². The number of halogens is 1. The lowest BCUT2D eigenvalue weighted by Gasteiger charge is -2.17. The van der Waals surface area contributed by atoms with Crippen molar-refractivity contribution in [2.75, 3.05) is 18.4 Å². The number of carbonyl (C=O) groups is 1. The zero-order valence-corrected chi connectivity index (χ0v) is 16.4. The second-order valence-corrected chi connectivity index (χ2v) is 8.28. The Hall–Kier alpha value is -3.03. The minimum absolute atomic E-state index is 0.00667. The summed E-state index contributed by atoms with van der Waals surface area (Å²) in [6.07, 6.45) is 2.85. The highest BCUT2D eigenvalue weighted by Crippen LogP contribution is 2.39. The molecule has 1 saturated heterocycles. The van der Waals surface area contributed by atoms with Crippen molar-refractivity contribution in [2.45, 2.75) is 44.6 Å². The number of fused-ring (bicyclic) bond motifs is 1. The van der Waals surface area contributed by atoms with Crippen molar-refractivity contribution in [3.63, 3.8) is 0 Å². The van der Waals surface area contributed by atoms with Crippen LogP contribution in [-0.2, 0) is 0 Å². The molecule has 8 heteroatoms. The molecule has 2 fully saturated rings. The van der Waals surface area contributed by atoms with E-state index >= 15 is 0 Å². The molecule has 1 unspecified atom stereocenters. The van der Waals surface area contributed by atoms with Gasteiger partial charge < -0.3 is 14.6 Å². The fraction of sp³-hybridized carbons (Fsp3) is 0.429. The van der Waals surface area contributed by atoms with Crippen LogP contribution in [0.3, 0.4) is 0 Å². The van der Waals surface area contributed by atoms with Gasteiger partial charge >= 0.3 is 0 Å². The molecule has 5 rings (SSSR count). The number of pyridine rings is 1. The van der Waals surface area contributed by atoms with Gasteiger partial charge in [-0.2, -0.15) is 9.37 Å². The molecule has 0 bridgehead atoms. The third kappa shape index (κ3) is 3.43. The molecule has 0 spiro atoms. The van der Waals surface area contributed by atoms with Gasteiger partial charge in [0.25, 0.3) is 5.91 Å². The van der Waals surface area contributed by atoms with Crippen LogP contribution in [0.2, 0.25) is 0 Å². The summed E-state index contributed by atoms with van der Waals surface area (Å²) >= 11 is 0. The molecule has 1 amide bonds. The molecular formula is C21H22FN5O2. The molecule has 1 saturated carbocycles. The van der Waals surface area contributed by atoms with E-state index in [0.29, 0.717) is 30.3 Å². The molecule has 3 aromatic rings. The number of nitrogens with zero attached hydrogens (tertiary/aromatic N) is 4. The Kier molecular flexibility index (Phi) is 4.04. The molecule has 3 aromatic heterocycles. The molecule has 1 atom stereocenters. The van der Waals surface area contributed by atoms with Crippen molar-refractivity contribution in [2.24, 2.45) is 0 Å². The van der Waals surface area contributed by atoms with Gasteiger partial charge in [-0.25, -0.2) is 9.97 Å². The van der Waals surface area contributed by atoms with Gasteiger partial charge in [0.05, 0.1) is 5.39 Å². The van der Waals surface area contributed by atoms with Gasteiger partial charge in [-0.15, -0.1) is 0 Å². The lowest BCUT2D eigenvalue weighted by Crippen LogP contribution is -2.30. The molecule has 1 aliphatic heterocycles. The van der Waals surface area contributed by atoms with Crippen LogP contribution >= 0.6 is 0 Å². The van der Waals surface area contributed by atoms with Crippen molar-refractivity contribution in [1.82, 2.24) is 19.9 Å². The maximum Gasteiger partial charge on any atom is 0.291 e. The molecule has 1 N–H and O–H groups in total. The highest BCUT2D eigenvalue weighted by atomic mass is 19.1. The number of likely N-dealkylation sites (tertiary alicyclic amines) is 1. The van der Waals surface area contributed by atoms with Crippen LogP contribution < -0.4 is 5.32 Å². The van der Waals surface area contributed by atoms with Gasteiger partial charge in [0.2, 0.25) is 17.5 Å². The van der Waals surface area contributed by atoms with Gasteiger partial charge in [0.15, 0.2) is 0 Å². The zero-order valence-electron chi connectivity index (χ0n) is 16.4. The molecule has 0 radical (unpaired) electrons. The average molecular weight is 395 g/mol. The third-order valence-electron chi connectivity index (χ3n) is 5.76. The lowest BCUT2D eigenvalue weighted by atomic mass is 10.0. The van der Waals surface area contributed by atoms with Gasteiger partial charge in [-0.3, -0.25) is 4.79 Å². The van der Waals surface area contributed by atoms with E-state index in [4.69, 9.17) is 4.42 Å². The van der Waals surface area contributed by atoms with Crippen molar-refractivity contribution in [1.29, 1.82) is 0 Å². The number of amides is 1. The quantitative estimate of drug-likeness (QED) is 0.679. The number of hydrogen-bond acceptors (Lipinski definition) is 6. The third-order valence-corrected chi connectivity index (χ3v) is 5.76. The molecule has 0 aromatic carbocycles. The zero-order chi connectivity index (χ0) is 20.2. The van der Waals surface area contributed by atoms with Crippen molar-refractivity contribution in [3.8, 4) is 0 Å². The van der Waals surface area contributed by atoms with E-state index in [9.17, 15) is 9.18 Å². The number of hydrogen-bond donors (Lipinski definition) is 1. The second-order valence-electron chi connectivity index (χ2n) is 8.28. The van der Waals surface area contributed by atoms with Gasteiger partial charge in [-0.05, 0) is 51.3 Å². The van der Waals surface area contributed by atoms with Crippen LogP contribution in [0, 0.1) is 12.9 Å². The maximum absolute atomic E-state index is 13.4. The van der Waals surface area contributed by atoms with Crippen LogP contribution in [0.25, 0.3) is 11.1 Å². The van der Waals surface area contributed by atoms with Gasteiger partial charge in [0, 0.05) is 30.2 Å². The summed E-state index contributed by atoms with van der Waals surface area (Å²) in [6.45, 7) is 5.00. The van der Waals surface area contributed by atoms with Crippen LogP contribution in [-0.4, -0.2) is 44.4 Å². The Morgan fingerprint density at radius 1 is 1.31 bits per heavy atom. The number of nitrogens with one attached hydrogen (secondary N) is 1. The smallest absolute Gasteiger partial charge is 0.291 e. The SMILES string of the molecule is Cc1cc2c(NC3(C)CC3)nc(C(=O)N3CCC(c4cccc(F)n4)C3)nc2o1. The highest BCUT2D eigenvalue weighted by molar-refractivity contribution is 5.95. The number of carbonyl (C=O) groups excluding carboxylic acids is 1. The van der Waals surface area contributed by atoms with Crippen molar-refractivity contribution >= 4 is 22.8 Å². The van der Waals surface area contributed by atoms with E-state index in [1.165, 1.54) is 6.07 Å². The molecule has 150 valence electrons. The number of anilines is 1. The normalized spacial score (nSPS) is 20.2. The average Bonchev–Trinajstić information content (AvgIpc) is 3.09. The summed E-state index contributed by atoms with van der Waals surface area (Å²) in [6, 6.07) is 6.66. The standard InChI is InChI=1S/C21H22FN5O2/c1-12-10-14-17(26-21(2)7-8-21)24-18(25-19(14)29-12)20(28)27-9-6-13(11-27)15-4-3-5-16(22)23-15/h3-5,10,13H,6-9,11H2,1-2H3,(H,24,25,26). The molecule has 29 heavy (non-hydrogen) atoms. The first-order valence-corrected chi connectivity index (χ1v) is 9.88. The Balaban J connectivity index is 1.42. The molecule has 4 heterocycles. The number of furan rings is 1. The van der Waals surface area contributed by atoms with E-state index in [1.54, 1.807) is 17.0 Å². The summed E-state index contributed by atoms with van der Waals surface area (Å²) in [5, 5.41) is 4.23. The Morgan fingerprint density at radius 3 is 2.90 bits per heavy atom. The van der Waals surface area contributed by atoms with Crippen molar-refractivity contribution < 1.29 is 13.6 Å². The largest absolute Gasteiger partial charge is 0.443 e. The number of aryl methyl sites for hydroxylation is 1. The summed E-state index contributed by atoms with van der Waals surface area (Å²) < 4.78 is 19.1. The Bertz CT molecular complexity index is 1110. The minimum Gasteiger partial charge on any atom is -0.443 e. The molecule has 7 nitrogen and oxygen atoms in total. The fourth-order valence-corrected chi connectivity index (χ4v) is 3.81.